The van der Waals surface area contributed by atoms with Crippen molar-refractivity contribution in [3.8, 4) is 0 Å². The van der Waals surface area contributed by atoms with E-state index in [2.05, 4.69) is 16.0 Å². The van der Waals surface area contributed by atoms with Crippen LogP contribution in [0.5, 0.6) is 0 Å². The first-order chi connectivity index (χ1) is 10.4. The molecule has 0 heterocycles. The minimum Gasteiger partial charge on any atom is -0.392 e. The summed E-state index contributed by atoms with van der Waals surface area (Å²) in [4.78, 5) is 23.8. The standard InChI is InChI=1S/C15H23N3O4/c1-9(16-3)14(21)17-10(2)15(22)18-13-5-11(7-19)4-12(6-13)8-20/h4-6,9-10,16,19-20H,7-8H2,1-3H3,(H,17,21)(H,18,22)/t9-,10-/m0/s1. The molecule has 22 heavy (non-hydrogen) atoms. The predicted octanol–water partition coefficient (Wildman–Crippen LogP) is -0.278. The first-order valence-corrected chi connectivity index (χ1v) is 7.04. The van der Waals surface area contributed by atoms with E-state index in [1.807, 2.05) is 0 Å². The average Bonchev–Trinajstić information content (AvgIpc) is 2.53. The summed E-state index contributed by atoms with van der Waals surface area (Å²) in [5.74, 6) is -0.652. The van der Waals surface area contributed by atoms with Crippen LogP contribution in [-0.4, -0.2) is 41.2 Å². The normalized spacial score (nSPS) is 13.3. The maximum Gasteiger partial charge on any atom is 0.246 e. The predicted molar refractivity (Wildman–Crippen MR) is 83.0 cm³/mol. The molecule has 0 spiro atoms. The first kappa shape index (κ1) is 18.1. The van der Waals surface area contributed by atoms with Crippen molar-refractivity contribution in [2.24, 2.45) is 0 Å². The van der Waals surface area contributed by atoms with Crippen molar-refractivity contribution in [1.82, 2.24) is 10.6 Å². The molecule has 1 aromatic rings. The number of nitrogens with one attached hydrogen (secondary N) is 3. The van der Waals surface area contributed by atoms with E-state index in [-0.39, 0.29) is 25.0 Å². The zero-order valence-electron chi connectivity index (χ0n) is 13.0. The van der Waals surface area contributed by atoms with Crippen molar-refractivity contribution in [1.29, 1.82) is 0 Å². The van der Waals surface area contributed by atoms with Crippen LogP contribution in [0.2, 0.25) is 0 Å². The van der Waals surface area contributed by atoms with Crippen LogP contribution in [-0.2, 0) is 22.8 Å². The van der Waals surface area contributed by atoms with Gasteiger partial charge in [0.05, 0.1) is 19.3 Å². The second-order valence-electron chi connectivity index (χ2n) is 5.08. The summed E-state index contributed by atoms with van der Waals surface area (Å²) >= 11 is 0. The lowest BCUT2D eigenvalue weighted by Gasteiger charge is -2.17. The molecule has 5 N–H and O–H groups in total. The fraction of sp³-hybridized carbons (Fsp3) is 0.467. The van der Waals surface area contributed by atoms with Gasteiger partial charge in [-0.25, -0.2) is 0 Å². The van der Waals surface area contributed by atoms with E-state index in [1.54, 1.807) is 39.1 Å². The summed E-state index contributed by atoms with van der Waals surface area (Å²) < 4.78 is 0. The molecule has 0 aliphatic carbocycles. The molecule has 0 aromatic heterocycles. The van der Waals surface area contributed by atoms with Gasteiger partial charge in [0, 0.05) is 5.69 Å². The highest BCUT2D eigenvalue weighted by molar-refractivity contribution is 5.97. The monoisotopic (exact) mass is 309 g/mol. The average molecular weight is 309 g/mol. The summed E-state index contributed by atoms with van der Waals surface area (Å²) in [6.45, 7) is 2.89. The number of carbonyl (C=O) groups is 2. The Kier molecular flexibility index (Phi) is 6.97. The number of amides is 2. The molecular weight excluding hydrogens is 286 g/mol. The molecule has 0 saturated heterocycles. The number of hydrogen-bond acceptors (Lipinski definition) is 5. The van der Waals surface area contributed by atoms with Crippen LogP contribution in [0.25, 0.3) is 0 Å². The molecule has 122 valence electrons. The van der Waals surface area contributed by atoms with Gasteiger partial charge in [-0.3, -0.25) is 9.59 Å². The molecule has 7 nitrogen and oxygen atoms in total. The zero-order valence-corrected chi connectivity index (χ0v) is 13.0. The number of aliphatic hydroxyl groups excluding tert-OH is 2. The maximum absolute atomic E-state index is 12.1. The van der Waals surface area contributed by atoms with Crippen LogP contribution in [0.3, 0.4) is 0 Å². The molecule has 1 aromatic carbocycles. The lowest BCUT2D eigenvalue weighted by Crippen LogP contribution is -2.48. The third-order valence-corrected chi connectivity index (χ3v) is 3.26. The molecular formula is C15H23N3O4. The third-order valence-electron chi connectivity index (χ3n) is 3.26. The SMILES string of the molecule is CN[C@@H](C)C(=O)N[C@@H](C)C(=O)Nc1cc(CO)cc(CO)c1. The van der Waals surface area contributed by atoms with E-state index in [0.717, 1.165) is 0 Å². The van der Waals surface area contributed by atoms with Crippen LogP contribution in [0, 0.1) is 0 Å². The smallest absolute Gasteiger partial charge is 0.246 e. The number of likely N-dealkylation sites (N-methyl/N-ethyl adjacent to an activating group) is 1. The Morgan fingerprint density at radius 2 is 1.55 bits per heavy atom. The highest BCUT2D eigenvalue weighted by Gasteiger charge is 2.18. The van der Waals surface area contributed by atoms with Gasteiger partial charge in [-0.1, -0.05) is 6.07 Å². The summed E-state index contributed by atoms with van der Waals surface area (Å²) in [6, 6.07) is 3.77. The second kappa shape index (κ2) is 8.47. The number of hydrogen-bond donors (Lipinski definition) is 5. The Balaban J connectivity index is 2.73. The fourth-order valence-corrected chi connectivity index (χ4v) is 1.80. The molecule has 0 fully saturated rings. The molecule has 0 radical (unpaired) electrons. The molecule has 2 atom stereocenters. The number of rotatable bonds is 7. The molecule has 0 saturated carbocycles. The number of anilines is 1. The second-order valence-corrected chi connectivity index (χ2v) is 5.08. The quantitative estimate of drug-likeness (QED) is 0.476. The zero-order chi connectivity index (χ0) is 16.7. The van der Waals surface area contributed by atoms with Crippen molar-refractivity contribution in [3.05, 3.63) is 29.3 Å². The lowest BCUT2D eigenvalue weighted by molar-refractivity contribution is -0.127. The van der Waals surface area contributed by atoms with E-state index in [9.17, 15) is 19.8 Å². The van der Waals surface area contributed by atoms with Crippen molar-refractivity contribution in [3.63, 3.8) is 0 Å². The van der Waals surface area contributed by atoms with Crippen LogP contribution >= 0.6 is 0 Å². The van der Waals surface area contributed by atoms with Crippen LogP contribution in [0.4, 0.5) is 5.69 Å². The summed E-state index contributed by atoms with van der Waals surface area (Å²) in [5, 5.41) is 26.4. The summed E-state index contributed by atoms with van der Waals surface area (Å²) in [5.41, 5.74) is 1.63. The minimum atomic E-state index is -0.710. The number of benzene rings is 1. The van der Waals surface area contributed by atoms with Gasteiger partial charge in [-0.05, 0) is 44.2 Å². The van der Waals surface area contributed by atoms with Crippen LogP contribution in [0.1, 0.15) is 25.0 Å². The topological polar surface area (TPSA) is 111 Å². The van der Waals surface area contributed by atoms with Gasteiger partial charge in [0.2, 0.25) is 11.8 Å². The largest absolute Gasteiger partial charge is 0.392 e. The summed E-state index contributed by atoms with van der Waals surface area (Å²) in [7, 11) is 1.66. The van der Waals surface area contributed by atoms with Gasteiger partial charge in [0.1, 0.15) is 6.04 Å². The molecule has 0 unspecified atom stereocenters. The minimum absolute atomic E-state index is 0.192. The summed E-state index contributed by atoms with van der Waals surface area (Å²) in [6.07, 6.45) is 0. The van der Waals surface area contributed by atoms with Gasteiger partial charge in [-0.15, -0.1) is 0 Å². The molecule has 7 heteroatoms. The van der Waals surface area contributed by atoms with Gasteiger partial charge in [0.15, 0.2) is 0 Å². The molecule has 0 bridgehead atoms. The molecule has 2 amide bonds. The van der Waals surface area contributed by atoms with Crippen LogP contribution < -0.4 is 16.0 Å². The molecule has 0 aliphatic heterocycles. The van der Waals surface area contributed by atoms with E-state index in [4.69, 9.17) is 0 Å². The van der Waals surface area contributed by atoms with Gasteiger partial charge in [-0.2, -0.15) is 0 Å². The molecule has 1 rings (SSSR count). The Hall–Kier alpha value is -1.96. The van der Waals surface area contributed by atoms with E-state index < -0.39 is 12.1 Å². The Labute approximate surface area is 129 Å². The highest BCUT2D eigenvalue weighted by Crippen LogP contribution is 2.15. The third kappa shape index (κ3) is 5.10. The van der Waals surface area contributed by atoms with Gasteiger partial charge >= 0.3 is 0 Å². The van der Waals surface area contributed by atoms with E-state index in [0.29, 0.717) is 16.8 Å². The van der Waals surface area contributed by atoms with Gasteiger partial charge < -0.3 is 26.2 Å². The van der Waals surface area contributed by atoms with E-state index >= 15 is 0 Å². The van der Waals surface area contributed by atoms with Crippen molar-refractivity contribution >= 4 is 17.5 Å². The van der Waals surface area contributed by atoms with Crippen LogP contribution in [0.15, 0.2) is 18.2 Å². The Morgan fingerprint density at radius 1 is 1.00 bits per heavy atom. The number of aliphatic hydroxyl groups is 2. The number of carbonyl (C=O) groups excluding carboxylic acids is 2. The van der Waals surface area contributed by atoms with Crippen molar-refractivity contribution in [2.75, 3.05) is 12.4 Å². The maximum atomic E-state index is 12.1. The first-order valence-electron chi connectivity index (χ1n) is 7.04. The van der Waals surface area contributed by atoms with Crippen molar-refractivity contribution in [2.45, 2.75) is 39.1 Å². The lowest BCUT2D eigenvalue weighted by atomic mass is 10.1. The highest BCUT2D eigenvalue weighted by atomic mass is 16.3. The Morgan fingerprint density at radius 3 is 2.00 bits per heavy atom. The van der Waals surface area contributed by atoms with E-state index in [1.165, 1.54) is 0 Å². The fourth-order valence-electron chi connectivity index (χ4n) is 1.80. The Bertz CT molecular complexity index is 511. The van der Waals surface area contributed by atoms with Gasteiger partial charge in [0.25, 0.3) is 0 Å². The van der Waals surface area contributed by atoms with Crippen molar-refractivity contribution < 1.29 is 19.8 Å². The molecule has 0 aliphatic rings.